The van der Waals surface area contributed by atoms with Gasteiger partial charge in [0.05, 0.1) is 15.3 Å². The summed E-state index contributed by atoms with van der Waals surface area (Å²) in [6.07, 6.45) is 0. The Labute approximate surface area is 118 Å². The Kier molecular flexibility index (Phi) is 5.73. The minimum absolute atomic E-state index is 0.0858. The van der Waals surface area contributed by atoms with Gasteiger partial charge in [-0.25, -0.2) is 13.1 Å². The topological polar surface area (TPSA) is 98.5 Å². The van der Waals surface area contributed by atoms with E-state index < -0.39 is 15.9 Å². The molecule has 102 valence electrons. The van der Waals surface area contributed by atoms with Gasteiger partial charge in [0, 0.05) is 11.4 Å². The van der Waals surface area contributed by atoms with Gasteiger partial charge < -0.3 is 10.5 Å². The van der Waals surface area contributed by atoms with Crippen LogP contribution in [0.4, 0.5) is 0 Å². The maximum atomic E-state index is 11.9. The number of carbonyl (C=O) groups excluding carboxylic acids is 1. The average molecular weight is 357 g/mol. The number of ether oxygens (including phenoxy) is 1. The van der Waals surface area contributed by atoms with E-state index in [9.17, 15) is 13.2 Å². The fourth-order valence-electron chi connectivity index (χ4n) is 1.20. The average Bonchev–Trinajstić information content (AvgIpc) is 2.57. The molecule has 0 aliphatic heterocycles. The van der Waals surface area contributed by atoms with Crippen LogP contribution in [0.25, 0.3) is 0 Å². The number of primary amides is 1. The van der Waals surface area contributed by atoms with E-state index in [0.717, 1.165) is 3.79 Å². The fraction of sp³-hybridized carbons (Fsp3) is 0.444. The van der Waals surface area contributed by atoms with Gasteiger partial charge in [0.25, 0.3) is 0 Å². The molecule has 0 aliphatic carbocycles. The molecule has 1 aromatic rings. The molecule has 1 heterocycles. The van der Waals surface area contributed by atoms with Crippen molar-refractivity contribution >= 4 is 43.2 Å². The monoisotopic (exact) mass is 356 g/mol. The van der Waals surface area contributed by atoms with Crippen LogP contribution >= 0.6 is 27.3 Å². The number of halogens is 1. The summed E-state index contributed by atoms with van der Waals surface area (Å²) in [5.41, 5.74) is 4.87. The first-order chi connectivity index (χ1) is 8.33. The van der Waals surface area contributed by atoms with Gasteiger partial charge in [-0.15, -0.1) is 11.3 Å². The van der Waals surface area contributed by atoms with Gasteiger partial charge >= 0.3 is 0 Å². The number of nitrogens with two attached hydrogens (primary N) is 1. The van der Waals surface area contributed by atoms with Crippen molar-refractivity contribution in [2.24, 2.45) is 5.73 Å². The minimum atomic E-state index is -3.54. The van der Waals surface area contributed by atoms with Gasteiger partial charge in [-0.2, -0.15) is 0 Å². The van der Waals surface area contributed by atoms with Crippen LogP contribution in [0.15, 0.2) is 14.7 Å². The molecule has 0 atom stereocenters. The molecule has 0 aromatic carbocycles. The quantitative estimate of drug-likeness (QED) is 0.698. The molecule has 0 fully saturated rings. The lowest BCUT2D eigenvalue weighted by Gasteiger charge is -2.06. The number of carbonyl (C=O) groups is 1. The van der Waals surface area contributed by atoms with Crippen LogP contribution in [-0.2, 0) is 19.6 Å². The third-order valence-corrected chi connectivity index (χ3v) is 5.18. The van der Waals surface area contributed by atoms with Crippen LogP contribution in [0.3, 0.4) is 0 Å². The number of sulfonamides is 1. The molecule has 0 spiro atoms. The van der Waals surface area contributed by atoms with Crippen molar-refractivity contribution in [1.82, 2.24) is 4.72 Å². The molecule has 1 aromatic heterocycles. The molecule has 0 saturated carbocycles. The lowest BCUT2D eigenvalue weighted by atomic mass is 10.5. The first-order valence-electron chi connectivity index (χ1n) is 4.94. The number of rotatable bonds is 7. The number of hydrogen-bond donors (Lipinski definition) is 2. The van der Waals surface area contributed by atoms with Crippen LogP contribution in [-0.4, -0.2) is 34.1 Å². The first kappa shape index (κ1) is 15.6. The van der Waals surface area contributed by atoms with Crippen LogP contribution in [0.1, 0.15) is 4.88 Å². The Morgan fingerprint density at radius 1 is 1.61 bits per heavy atom. The maximum Gasteiger partial charge on any atom is 0.243 e. The van der Waals surface area contributed by atoms with E-state index in [1.165, 1.54) is 11.3 Å². The van der Waals surface area contributed by atoms with Crippen LogP contribution in [0.5, 0.6) is 0 Å². The second-order valence-corrected chi connectivity index (χ2v) is 7.76. The third kappa shape index (κ3) is 4.65. The van der Waals surface area contributed by atoms with Crippen molar-refractivity contribution in [2.75, 3.05) is 19.8 Å². The predicted octanol–water partition coefficient (Wildman–Crippen LogP) is 0.599. The molecular formula is C9H13BrN2O4S2. The van der Waals surface area contributed by atoms with Crippen LogP contribution in [0, 0.1) is 6.92 Å². The summed E-state index contributed by atoms with van der Waals surface area (Å²) >= 11 is 4.58. The molecule has 6 nitrogen and oxygen atoms in total. The van der Waals surface area contributed by atoms with Crippen molar-refractivity contribution in [1.29, 1.82) is 0 Å². The van der Waals surface area contributed by atoms with Crippen LogP contribution in [0.2, 0.25) is 0 Å². The molecule has 3 N–H and O–H groups in total. The Morgan fingerprint density at radius 3 is 2.78 bits per heavy atom. The van der Waals surface area contributed by atoms with E-state index in [1.54, 1.807) is 13.0 Å². The summed E-state index contributed by atoms with van der Waals surface area (Å²) in [5, 5.41) is 0. The highest BCUT2D eigenvalue weighted by molar-refractivity contribution is 9.11. The lowest BCUT2D eigenvalue weighted by molar-refractivity contribution is -0.122. The molecular weight excluding hydrogens is 344 g/mol. The van der Waals surface area contributed by atoms with Gasteiger partial charge in [0.15, 0.2) is 0 Å². The summed E-state index contributed by atoms with van der Waals surface area (Å²) in [6, 6.07) is 1.55. The zero-order valence-corrected chi connectivity index (χ0v) is 12.8. The number of hydrogen-bond acceptors (Lipinski definition) is 5. The fourth-order valence-corrected chi connectivity index (χ4v) is 4.62. The van der Waals surface area contributed by atoms with Gasteiger partial charge in [-0.3, -0.25) is 4.79 Å². The van der Waals surface area contributed by atoms with Crippen molar-refractivity contribution in [3.8, 4) is 0 Å². The van der Waals surface area contributed by atoms with Gasteiger partial charge in [0.1, 0.15) is 6.61 Å². The number of amides is 1. The maximum absolute atomic E-state index is 11.9. The highest BCUT2D eigenvalue weighted by atomic mass is 79.9. The summed E-state index contributed by atoms with van der Waals surface area (Å²) in [7, 11) is -3.54. The minimum Gasteiger partial charge on any atom is -0.370 e. The van der Waals surface area contributed by atoms with Gasteiger partial charge in [-0.1, -0.05) is 0 Å². The summed E-state index contributed by atoms with van der Waals surface area (Å²) in [5.74, 6) is -0.588. The summed E-state index contributed by atoms with van der Waals surface area (Å²) < 4.78 is 31.8. The smallest absolute Gasteiger partial charge is 0.243 e. The normalized spacial score (nSPS) is 11.7. The SMILES string of the molecule is Cc1sc(Br)cc1S(=O)(=O)NCCOCC(N)=O. The van der Waals surface area contributed by atoms with Crippen molar-refractivity contribution in [2.45, 2.75) is 11.8 Å². The Bertz CT molecular complexity index is 527. The number of thiophene rings is 1. The van der Waals surface area contributed by atoms with E-state index in [0.29, 0.717) is 4.88 Å². The molecule has 18 heavy (non-hydrogen) atoms. The molecule has 0 radical (unpaired) electrons. The molecule has 0 unspecified atom stereocenters. The number of nitrogens with one attached hydrogen (secondary N) is 1. The first-order valence-corrected chi connectivity index (χ1v) is 8.04. The van der Waals surface area contributed by atoms with Crippen molar-refractivity contribution in [3.63, 3.8) is 0 Å². The Morgan fingerprint density at radius 2 is 2.28 bits per heavy atom. The second kappa shape index (κ2) is 6.62. The molecule has 1 rings (SSSR count). The van der Waals surface area contributed by atoms with Crippen molar-refractivity contribution in [3.05, 3.63) is 14.7 Å². The molecule has 0 saturated heterocycles. The standard InChI is InChI=1S/C9H13BrN2O4S2/c1-6-7(4-8(10)17-6)18(14,15)12-2-3-16-5-9(11)13/h4,12H,2-3,5H2,1H3,(H2,11,13). The van der Waals surface area contributed by atoms with E-state index >= 15 is 0 Å². The number of aryl methyl sites for hydroxylation is 1. The third-order valence-electron chi connectivity index (χ3n) is 1.91. The van der Waals surface area contributed by atoms with E-state index in [2.05, 4.69) is 20.7 Å². The summed E-state index contributed by atoms with van der Waals surface area (Å²) in [6.45, 7) is 1.69. The largest absolute Gasteiger partial charge is 0.370 e. The molecule has 0 bridgehead atoms. The molecule has 0 aliphatic rings. The van der Waals surface area contributed by atoms with Gasteiger partial charge in [0.2, 0.25) is 15.9 Å². The van der Waals surface area contributed by atoms with Crippen molar-refractivity contribution < 1.29 is 17.9 Å². The Hall–Kier alpha value is -0.480. The van der Waals surface area contributed by atoms with Crippen LogP contribution < -0.4 is 10.5 Å². The Balaban J connectivity index is 2.51. The van der Waals surface area contributed by atoms with E-state index in [1.807, 2.05) is 0 Å². The summed E-state index contributed by atoms with van der Waals surface area (Å²) in [4.78, 5) is 11.3. The highest BCUT2D eigenvalue weighted by Gasteiger charge is 2.18. The molecule has 1 amide bonds. The predicted molar refractivity (Wildman–Crippen MR) is 72.0 cm³/mol. The lowest BCUT2D eigenvalue weighted by Crippen LogP contribution is -2.29. The second-order valence-electron chi connectivity index (χ2n) is 3.39. The zero-order valence-electron chi connectivity index (χ0n) is 9.60. The molecule has 9 heteroatoms. The zero-order chi connectivity index (χ0) is 13.8. The van der Waals surface area contributed by atoms with E-state index in [-0.39, 0.29) is 24.7 Å². The highest BCUT2D eigenvalue weighted by Crippen LogP contribution is 2.29. The van der Waals surface area contributed by atoms with Gasteiger partial charge in [-0.05, 0) is 28.9 Å². The van der Waals surface area contributed by atoms with E-state index in [4.69, 9.17) is 10.5 Å².